The van der Waals surface area contributed by atoms with Crippen molar-refractivity contribution >= 4 is 33.0 Å². The lowest BCUT2D eigenvalue weighted by Crippen LogP contribution is -2.00. The van der Waals surface area contributed by atoms with Crippen LogP contribution in [0, 0.1) is 0 Å². The highest BCUT2D eigenvalue weighted by Crippen LogP contribution is 2.32. The van der Waals surface area contributed by atoms with Gasteiger partial charge in [0.2, 0.25) is 0 Å². The molecule has 0 aliphatic carbocycles. The second kappa shape index (κ2) is 4.44. The molecule has 2 aromatic carbocycles. The van der Waals surface area contributed by atoms with Gasteiger partial charge in [-0.25, -0.2) is 0 Å². The fourth-order valence-electron chi connectivity index (χ4n) is 2.52. The van der Waals surface area contributed by atoms with Gasteiger partial charge in [-0.05, 0) is 24.3 Å². The number of benzene rings is 2. The zero-order valence-electron chi connectivity index (χ0n) is 10.6. The smallest absolute Gasteiger partial charge is 0.183 e. The van der Waals surface area contributed by atoms with Crippen molar-refractivity contribution in [1.29, 1.82) is 0 Å². The molecule has 4 rings (SSSR count). The van der Waals surface area contributed by atoms with E-state index in [2.05, 4.69) is 9.97 Å². The van der Waals surface area contributed by atoms with E-state index in [4.69, 9.17) is 0 Å². The van der Waals surface area contributed by atoms with E-state index in [1.165, 1.54) is 0 Å². The third kappa shape index (κ3) is 1.66. The summed E-state index contributed by atoms with van der Waals surface area (Å²) in [7, 11) is 0. The number of rotatable bonds is 2. The maximum Gasteiger partial charge on any atom is 0.183 e. The van der Waals surface area contributed by atoms with Crippen LogP contribution in [-0.4, -0.2) is 14.5 Å². The van der Waals surface area contributed by atoms with Gasteiger partial charge in [-0.3, -0.25) is 0 Å². The molecule has 0 aliphatic heterocycles. The van der Waals surface area contributed by atoms with Crippen molar-refractivity contribution in [3.05, 3.63) is 60.9 Å². The number of H-pyrrole nitrogens is 2. The number of nitrogens with one attached hydrogen (secondary N) is 2. The first-order chi connectivity index (χ1) is 9.84. The van der Waals surface area contributed by atoms with E-state index in [0.717, 1.165) is 31.6 Å². The third-order valence-corrected chi connectivity index (χ3v) is 4.98. The third-order valence-electron chi connectivity index (χ3n) is 3.50. The van der Waals surface area contributed by atoms with Gasteiger partial charge < -0.3 is 14.5 Å². The topological polar surface area (TPSA) is 54.6 Å². The molecule has 0 saturated heterocycles. The molecule has 2 aromatic heterocycles. The maximum atomic E-state index is 12.9. The van der Waals surface area contributed by atoms with Gasteiger partial charge in [-0.15, -0.1) is 0 Å². The summed E-state index contributed by atoms with van der Waals surface area (Å²) >= 11 is -1.20. The summed E-state index contributed by atoms with van der Waals surface area (Å²) in [5.41, 5.74) is 2.02. The van der Waals surface area contributed by atoms with Crippen molar-refractivity contribution in [2.45, 2.75) is 9.79 Å². The Morgan fingerprint density at radius 2 is 1.15 bits per heavy atom. The molecule has 98 valence electrons. The molecular formula is C16H12N2OS. The predicted molar refractivity (Wildman–Crippen MR) is 81.3 cm³/mol. The van der Waals surface area contributed by atoms with Gasteiger partial charge in [0.1, 0.15) is 0 Å². The van der Waals surface area contributed by atoms with Gasteiger partial charge >= 0.3 is 0 Å². The summed E-state index contributed by atoms with van der Waals surface area (Å²) in [6.07, 6.45) is 3.67. The zero-order chi connectivity index (χ0) is 13.5. The highest BCUT2D eigenvalue weighted by Gasteiger charge is 2.22. The fraction of sp³-hybridized carbons (Fsp3) is 0. The molecule has 0 spiro atoms. The molecule has 0 atom stereocenters. The lowest BCUT2D eigenvalue weighted by atomic mass is 10.2. The van der Waals surface area contributed by atoms with Crippen molar-refractivity contribution in [2.75, 3.05) is 0 Å². The Hall–Kier alpha value is -2.17. The number of hydrogen-bond acceptors (Lipinski definition) is 1. The van der Waals surface area contributed by atoms with Crippen LogP contribution in [0.15, 0.2) is 70.7 Å². The Bertz CT molecular complexity index is 819. The second-order valence-electron chi connectivity index (χ2n) is 4.67. The van der Waals surface area contributed by atoms with E-state index < -0.39 is 11.2 Å². The lowest BCUT2D eigenvalue weighted by molar-refractivity contribution is 0.597. The van der Waals surface area contributed by atoms with Gasteiger partial charge in [-0.1, -0.05) is 24.3 Å². The quantitative estimate of drug-likeness (QED) is 0.539. The number of aromatic amines is 2. The van der Waals surface area contributed by atoms with Crippen LogP contribution in [0.3, 0.4) is 0 Å². The van der Waals surface area contributed by atoms with E-state index in [1.807, 2.05) is 60.9 Å². The average Bonchev–Trinajstić information content (AvgIpc) is 3.11. The van der Waals surface area contributed by atoms with Crippen LogP contribution in [0.2, 0.25) is 0 Å². The van der Waals surface area contributed by atoms with Gasteiger partial charge in [-0.2, -0.15) is 0 Å². The van der Waals surface area contributed by atoms with Crippen LogP contribution in [0.25, 0.3) is 21.8 Å². The monoisotopic (exact) mass is 280 g/mol. The van der Waals surface area contributed by atoms with Crippen molar-refractivity contribution < 1.29 is 4.55 Å². The lowest BCUT2D eigenvalue weighted by Gasteiger charge is -2.07. The fourth-order valence-corrected chi connectivity index (χ4v) is 3.84. The van der Waals surface area contributed by atoms with E-state index >= 15 is 0 Å². The number of fused-ring (bicyclic) bond motifs is 2. The van der Waals surface area contributed by atoms with E-state index in [1.54, 1.807) is 0 Å². The minimum atomic E-state index is -1.20. The largest absolute Gasteiger partial charge is 0.606 e. The molecule has 0 saturated carbocycles. The van der Waals surface area contributed by atoms with Crippen LogP contribution < -0.4 is 0 Å². The second-order valence-corrected chi connectivity index (χ2v) is 6.08. The molecule has 0 radical (unpaired) electrons. The van der Waals surface area contributed by atoms with Gasteiger partial charge in [0.05, 0.1) is 34.2 Å². The summed E-state index contributed by atoms with van der Waals surface area (Å²) in [4.78, 5) is 8.00. The molecular weight excluding hydrogens is 268 g/mol. The Kier molecular flexibility index (Phi) is 2.58. The summed E-state index contributed by atoms with van der Waals surface area (Å²) in [5.74, 6) is 0. The first kappa shape index (κ1) is 11.6. The molecule has 4 aromatic rings. The van der Waals surface area contributed by atoms with E-state index in [-0.39, 0.29) is 0 Å². The molecule has 0 unspecified atom stereocenters. The highest BCUT2D eigenvalue weighted by atomic mass is 32.2. The highest BCUT2D eigenvalue weighted by molar-refractivity contribution is 7.92. The Morgan fingerprint density at radius 3 is 1.65 bits per heavy atom. The normalized spacial score (nSPS) is 11.7. The zero-order valence-corrected chi connectivity index (χ0v) is 11.4. The molecule has 0 amide bonds. The van der Waals surface area contributed by atoms with Gasteiger partial charge in [0.15, 0.2) is 9.79 Å². The molecule has 0 aliphatic rings. The van der Waals surface area contributed by atoms with Gasteiger partial charge in [0.25, 0.3) is 0 Å². The van der Waals surface area contributed by atoms with Gasteiger partial charge in [0, 0.05) is 11.2 Å². The summed E-state index contributed by atoms with van der Waals surface area (Å²) in [6.45, 7) is 0. The molecule has 3 nitrogen and oxygen atoms in total. The SMILES string of the molecule is [O-][S+](c1c[nH]c2ccccc12)c1c[nH]c2ccccc12. The number of para-hydroxylation sites is 2. The predicted octanol–water partition coefficient (Wildman–Crippen LogP) is 3.82. The Morgan fingerprint density at radius 1 is 0.700 bits per heavy atom. The molecule has 2 N–H and O–H groups in total. The van der Waals surface area contributed by atoms with Crippen LogP contribution in [-0.2, 0) is 11.2 Å². The first-order valence-electron chi connectivity index (χ1n) is 6.38. The molecule has 0 bridgehead atoms. The molecule has 2 heterocycles. The Labute approximate surface area is 118 Å². The van der Waals surface area contributed by atoms with Crippen molar-refractivity contribution in [1.82, 2.24) is 9.97 Å². The maximum absolute atomic E-state index is 12.9. The van der Waals surface area contributed by atoms with Crippen molar-refractivity contribution in [3.63, 3.8) is 0 Å². The average molecular weight is 280 g/mol. The Balaban J connectivity index is 1.90. The van der Waals surface area contributed by atoms with Crippen molar-refractivity contribution in [3.8, 4) is 0 Å². The van der Waals surface area contributed by atoms with E-state index in [9.17, 15) is 4.55 Å². The van der Waals surface area contributed by atoms with Crippen molar-refractivity contribution in [2.24, 2.45) is 0 Å². The summed E-state index contributed by atoms with van der Waals surface area (Å²) in [6, 6.07) is 15.8. The molecule has 0 fully saturated rings. The summed E-state index contributed by atoms with van der Waals surface area (Å²) < 4.78 is 12.9. The molecule has 4 heteroatoms. The van der Waals surface area contributed by atoms with Crippen LogP contribution >= 0.6 is 0 Å². The van der Waals surface area contributed by atoms with Crippen LogP contribution in [0.4, 0.5) is 0 Å². The minimum absolute atomic E-state index is 0.824. The van der Waals surface area contributed by atoms with Crippen LogP contribution in [0.5, 0.6) is 0 Å². The molecule has 20 heavy (non-hydrogen) atoms. The standard InChI is InChI=1S/C16H12N2OS/c19-20(15-9-17-13-7-3-1-5-11(13)15)16-10-18-14-8-4-2-6-12(14)16/h1-10,17-18H. The first-order valence-corrected chi connectivity index (χ1v) is 7.53. The minimum Gasteiger partial charge on any atom is -0.606 e. The number of hydrogen-bond donors (Lipinski definition) is 2. The van der Waals surface area contributed by atoms with E-state index in [0.29, 0.717) is 0 Å². The number of aromatic nitrogens is 2. The van der Waals surface area contributed by atoms with Crippen LogP contribution in [0.1, 0.15) is 0 Å². The summed E-state index contributed by atoms with van der Waals surface area (Å²) in [5, 5.41) is 2.02.